The van der Waals surface area contributed by atoms with Crippen molar-refractivity contribution >= 4 is 0 Å². The van der Waals surface area contributed by atoms with Crippen LogP contribution in [0.3, 0.4) is 0 Å². The molecule has 0 radical (unpaired) electrons. The highest BCUT2D eigenvalue weighted by Crippen LogP contribution is 2.43. The second kappa shape index (κ2) is 12.2. The van der Waals surface area contributed by atoms with Crippen LogP contribution in [0.1, 0.15) is 94.2 Å². The number of nitrogens with zero attached hydrogens (tertiary/aromatic N) is 1. The van der Waals surface area contributed by atoms with Crippen molar-refractivity contribution in [1.29, 1.82) is 5.26 Å². The quantitative estimate of drug-likeness (QED) is 0.346. The number of hydrogen-bond acceptors (Lipinski definition) is 2. The Balaban J connectivity index is 1.21. The summed E-state index contributed by atoms with van der Waals surface area (Å²) in [7, 11) is 0. The molecule has 0 N–H and O–H groups in total. The van der Waals surface area contributed by atoms with Gasteiger partial charge in [0.2, 0.25) is 0 Å². The van der Waals surface area contributed by atoms with E-state index >= 15 is 0 Å². The molecule has 0 aliphatic heterocycles. The molecule has 2 aromatic carbocycles. The van der Waals surface area contributed by atoms with E-state index in [4.69, 9.17) is 10.00 Å². The third-order valence-electron chi connectivity index (χ3n) is 8.58. The monoisotopic (exact) mass is 497 g/mol. The lowest BCUT2D eigenvalue weighted by atomic mass is 9.68. The van der Waals surface area contributed by atoms with Crippen molar-refractivity contribution in [2.45, 2.75) is 90.1 Å². The molecule has 0 atom stereocenters. The summed E-state index contributed by atoms with van der Waals surface area (Å²) >= 11 is 0. The molecule has 0 saturated heterocycles. The maximum Gasteiger partial charge on any atom is 0.426 e. The molecule has 0 aromatic heterocycles. The first-order valence-electron chi connectivity index (χ1n) is 13.7. The highest BCUT2D eigenvalue weighted by molar-refractivity contribution is 5.35. The Labute approximate surface area is 213 Å². The molecule has 2 nitrogen and oxygen atoms in total. The summed E-state index contributed by atoms with van der Waals surface area (Å²) in [5.41, 5.74) is 0.223. The van der Waals surface area contributed by atoms with Gasteiger partial charge in [-0.25, -0.2) is 4.39 Å². The van der Waals surface area contributed by atoms with Gasteiger partial charge in [-0.2, -0.15) is 14.0 Å². The number of aryl methyl sites for hydroxylation is 1. The number of halogens is 3. The van der Waals surface area contributed by atoms with Crippen LogP contribution in [0.2, 0.25) is 0 Å². The first kappa shape index (κ1) is 26.6. The molecule has 2 fully saturated rings. The van der Waals surface area contributed by atoms with Gasteiger partial charge < -0.3 is 4.74 Å². The Hall–Kier alpha value is -2.48. The van der Waals surface area contributed by atoms with Gasteiger partial charge in [0.15, 0.2) is 0 Å². The van der Waals surface area contributed by atoms with Crippen LogP contribution < -0.4 is 4.74 Å². The summed E-state index contributed by atoms with van der Waals surface area (Å²) in [5, 5.41) is 8.78. The zero-order valence-electron chi connectivity index (χ0n) is 21.3. The van der Waals surface area contributed by atoms with Gasteiger partial charge in [0, 0.05) is 0 Å². The molecule has 2 aliphatic rings. The second-order valence-corrected chi connectivity index (χ2v) is 11.0. The van der Waals surface area contributed by atoms with Crippen molar-refractivity contribution in [1.82, 2.24) is 0 Å². The Morgan fingerprint density at radius 1 is 0.861 bits per heavy atom. The fourth-order valence-electron chi connectivity index (χ4n) is 6.39. The van der Waals surface area contributed by atoms with E-state index in [1.54, 1.807) is 18.2 Å². The lowest BCUT2D eigenvalue weighted by Gasteiger charge is -2.38. The van der Waals surface area contributed by atoms with E-state index in [1.807, 2.05) is 12.1 Å². The van der Waals surface area contributed by atoms with Gasteiger partial charge in [0.1, 0.15) is 17.6 Å². The maximum atomic E-state index is 14.5. The number of ether oxygens (including phenoxy) is 1. The first-order valence-corrected chi connectivity index (χ1v) is 13.7. The number of benzene rings is 2. The number of hydrogen-bond donors (Lipinski definition) is 0. The fourth-order valence-corrected chi connectivity index (χ4v) is 6.39. The Morgan fingerprint density at radius 2 is 1.44 bits per heavy atom. The van der Waals surface area contributed by atoms with E-state index in [9.17, 15) is 13.2 Å². The second-order valence-electron chi connectivity index (χ2n) is 11.0. The summed E-state index contributed by atoms with van der Waals surface area (Å²) in [4.78, 5) is 0. The Bertz CT molecular complexity index is 1010. The number of nitriles is 1. The van der Waals surface area contributed by atoms with Crippen molar-refractivity contribution in [2.24, 2.45) is 23.7 Å². The summed E-state index contributed by atoms with van der Waals surface area (Å²) in [6.07, 6.45) is 12.2. The van der Waals surface area contributed by atoms with E-state index < -0.39 is 17.5 Å². The van der Waals surface area contributed by atoms with Crippen LogP contribution in [0.15, 0.2) is 42.5 Å². The smallest absolute Gasteiger partial charge is 0.426 e. The summed E-state index contributed by atoms with van der Waals surface area (Å²) in [5.74, 6) is 2.65. The third kappa shape index (κ3) is 6.84. The minimum Gasteiger partial charge on any atom is -0.429 e. The van der Waals surface area contributed by atoms with Gasteiger partial charge in [-0.3, -0.25) is 0 Å². The minimum atomic E-state index is -3.69. The van der Waals surface area contributed by atoms with E-state index in [-0.39, 0.29) is 11.3 Å². The van der Waals surface area contributed by atoms with E-state index in [2.05, 4.69) is 6.92 Å². The molecule has 2 aromatic rings. The van der Waals surface area contributed by atoms with Crippen LogP contribution in [-0.2, 0) is 12.5 Å². The largest absolute Gasteiger partial charge is 0.429 e. The molecule has 0 unspecified atom stereocenters. The van der Waals surface area contributed by atoms with Gasteiger partial charge >= 0.3 is 6.11 Å². The first-order chi connectivity index (χ1) is 17.4. The zero-order chi connectivity index (χ0) is 25.5. The van der Waals surface area contributed by atoms with E-state index in [0.29, 0.717) is 6.07 Å². The van der Waals surface area contributed by atoms with Crippen molar-refractivity contribution in [2.75, 3.05) is 0 Å². The number of alkyl halides is 2. The summed E-state index contributed by atoms with van der Waals surface area (Å²) < 4.78 is 47.6. The van der Waals surface area contributed by atoms with E-state index in [1.165, 1.54) is 64.2 Å². The maximum absolute atomic E-state index is 14.5. The predicted octanol–water partition coefficient (Wildman–Crippen LogP) is 9.17. The van der Waals surface area contributed by atoms with Gasteiger partial charge in [-0.1, -0.05) is 57.6 Å². The van der Waals surface area contributed by atoms with Crippen molar-refractivity contribution in [3.63, 3.8) is 0 Å². The van der Waals surface area contributed by atoms with E-state index in [0.717, 1.165) is 54.2 Å². The molecule has 0 heterocycles. The number of rotatable bonds is 9. The Kier molecular flexibility index (Phi) is 8.99. The molecule has 5 heteroatoms. The fraction of sp³-hybridized carbons (Fsp3) is 0.581. The third-order valence-corrected chi connectivity index (χ3v) is 8.58. The Morgan fingerprint density at radius 3 is 1.97 bits per heavy atom. The van der Waals surface area contributed by atoms with Gasteiger partial charge in [-0.05, 0) is 98.1 Å². The van der Waals surface area contributed by atoms with Crippen LogP contribution in [0.25, 0.3) is 0 Å². The summed E-state index contributed by atoms with van der Waals surface area (Å²) in [6, 6.07) is 11.1. The SMILES string of the molecule is CCCC1CCC(C2CCC(CCc3ccc(OC(F)(F)c4ccc(C#N)c(F)c4)cc3)CC2)CC1. The topological polar surface area (TPSA) is 33.0 Å². The van der Waals surface area contributed by atoms with Crippen LogP contribution in [-0.4, -0.2) is 0 Å². The molecule has 194 valence electrons. The lowest BCUT2D eigenvalue weighted by Crippen LogP contribution is -2.26. The van der Waals surface area contributed by atoms with Crippen LogP contribution in [0, 0.1) is 40.8 Å². The van der Waals surface area contributed by atoms with Crippen LogP contribution in [0.4, 0.5) is 13.2 Å². The highest BCUT2D eigenvalue weighted by atomic mass is 19.3. The van der Waals surface area contributed by atoms with Gasteiger partial charge in [0.25, 0.3) is 0 Å². The van der Waals surface area contributed by atoms with Crippen molar-refractivity contribution < 1.29 is 17.9 Å². The average Bonchev–Trinajstić information content (AvgIpc) is 2.89. The van der Waals surface area contributed by atoms with Crippen LogP contribution in [0.5, 0.6) is 5.75 Å². The normalized spacial score (nSPS) is 24.8. The van der Waals surface area contributed by atoms with Crippen LogP contribution >= 0.6 is 0 Å². The molecule has 36 heavy (non-hydrogen) atoms. The van der Waals surface area contributed by atoms with Gasteiger partial charge in [-0.15, -0.1) is 0 Å². The minimum absolute atomic E-state index is 0.0303. The lowest BCUT2D eigenvalue weighted by molar-refractivity contribution is -0.185. The standard InChI is InChI=1S/C31H38F3NO/c1-2-3-22-6-12-25(13-7-22)26-14-8-23(9-15-26)4-5-24-10-18-29(19-11-24)36-31(33,34)28-17-16-27(21-35)30(32)20-28/h10-11,16-20,22-23,25-26H,2-9,12-15H2,1H3. The summed E-state index contributed by atoms with van der Waals surface area (Å²) in [6.45, 7) is 2.30. The molecule has 0 amide bonds. The molecule has 2 aliphatic carbocycles. The van der Waals surface area contributed by atoms with Crippen molar-refractivity contribution in [3.05, 3.63) is 65.0 Å². The molecule has 4 rings (SSSR count). The molecular weight excluding hydrogens is 459 g/mol. The predicted molar refractivity (Wildman–Crippen MR) is 136 cm³/mol. The molecule has 0 spiro atoms. The average molecular weight is 498 g/mol. The molecule has 0 bridgehead atoms. The highest BCUT2D eigenvalue weighted by Gasteiger charge is 2.35. The molecular formula is C31H38F3NO. The van der Waals surface area contributed by atoms with Gasteiger partial charge in [0.05, 0.1) is 11.1 Å². The molecule has 2 saturated carbocycles. The zero-order valence-corrected chi connectivity index (χ0v) is 21.3. The van der Waals surface area contributed by atoms with Crippen molar-refractivity contribution in [3.8, 4) is 11.8 Å².